The van der Waals surface area contributed by atoms with Gasteiger partial charge in [-0.1, -0.05) is 42.5 Å². The van der Waals surface area contributed by atoms with E-state index in [9.17, 15) is 0 Å². The molecule has 0 aromatic heterocycles. The zero-order valence-electron chi connectivity index (χ0n) is 12.9. The van der Waals surface area contributed by atoms with E-state index in [1.165, 1.54) is 35.2 Å². The lowest BCUT2D eigenvalue weighted by Crippen LogP contribution is -2.41. The lowest BCUT2D eigenvalue weighted by Gasteiger charge is -2.39. The molecule has 0 saturated carbocycles. The Morgan fingerprint density at radius 1 is 1.14 bits per heavy atom. The number of para-hydroxylation sites is 1. The minimum atomic E-state index is 0.0554. The van der Waals surface area contributed by atoms with Crippen LogP contribution in [0.3, 0.4) is 0 Å². The Labute approximate surface area is 127 Å². The predicted molar refractivity (Wildman–Crippen MR) is 89.7 cm³/mol. The van der Waals surface area contributed by atoms with E-state index in [0.717, 1.165) is 6.54 Å². The van der Waals surface area contributed by atoms with Gasteiger partial charge in [-0.05, 0) is 49.4 Å². The normalized spacial score (nSPS) is 19.2. The van der Waals surface area contributed by atoms with E-state index in [1.54, 1.807) is 0 Å². The molecule has 1 aliphatic rings. The molecule has 1 heterocycles. The van der Waals surface area contributed by atoms with Gasteiger partial charge in [-0.15, -0.1) is 0 Å². The quantitative estimate of drug-likeness (QED) is 0.925. The first-order valence-corrected chi connectivity index (χ1v) is 7.82. The van der Waals surface area contributed by atoms with Crippen LogP contribution in [0.1, 0.15) is 36.1 Å². The van der Waals surface area contributed by atoms with Gasteiger partial charge in [0.1, 0.15) is 0 Å². The third-order valence-corrected chi connectivity index (χ3v) is 4.65. The highest BCUT2D eigenvalue weighted by atomic mass is 15.2. The van der Waals surface area contributed by atoms with Crippen LogP contribution < -0.4 is 10.6 Å². The van der Waals surface area contributed by atoms with Gasteiger partial charge in [0.25, 0.3) is 0 Å². The molecule has 0 amide bonds. The minimum absolute atomic E-state index is 0.0554. The van der Waals surface area contributed by atoms with Crippen molar-refractivity contribution in [2.75, 3.05) is 11.4 Å². The number of benzene rings is 2. The highest BCUT2D eigenvalue weighted by molar-refractivity contribution is 5.56. The lowest BCUT2D eigenvalue weighted by molar-refractivity contribution is 0.532. The zero-order chi connectivity index (χ0) is 14.8. The summed E-state index contributed by atoms with van der Waals surface area (Å²) in [5.74, 6) is 0. The Morgan fingerprint density at radius 3 is 2.67 bits per heavy atom. The van der Waals surface area contributed by atoms with E-state index in [0.29, 0.717) is 6.04 Å². The number of aryl methyl sites for hydroxylation is 2. The van der Waals surface area contributed by atoms with Gasteiger partial charge in [0.15, 0.2) is 0 Å². The predicted octanol–water partition coefficient (Wildman–Crippen LogP) is 3.84. The largest absolute Gasteiger partial charge is 0.367 e. The van der Waals surface area contributed by atoms with Crippen LogP contribution in [-0.4, -0.2) is 12.6 Å². The second-order valence-electron chi connectivity index (χ2n) is 6.13. The van der Waals surface area contributed by atoms with Crippen LogP contribution in [0, 0.1) is 6.92 Å². The summed E-state index contributed by atoms with van der Waals surface area (Å²) in [5.41, 5.74) is 11.9. The van der Waals surface area contributed by atoms with E-state index < -0.39 is 0 Å². The van der Waals surface area contributed by atoms with E-state index in [2.05, 4.69) is 67.3 Å². The fourth-order valence-corrected chi connectivity index (χ4v) is 3.35. The third-order valence-electron chi connectivity index (χ3n) is 4.65. The van der Waals surface area contributed by atoms with Gasteiger partial charge in [0.05, 0.1) is 0 Å². The second-order valence-corrected chi connectivity index (χ2v) is 6.13. The summed E-state index contributed by atoms with van der Waals surface area (Å²) < 4.78 is 0. The van der Waals surface area contributed by atoms with Gasteiger partial charge in [0, 0.05) is 24.3 Å². The molecule has 0 spiro atoms. The van der Waals surface area contributed by atoms with Crippen LogP contribution in [0.2, 0.25) is 0 Å². The summed E-state index contributed by atoms with van der Waals surface area (Å²) in [7, 11) is 0. The smallest absolute Gasteiger partial charge is 0.0475 e. The van der Waals surface area contributed by atoms with Crippen molar-refractivity contribution in [1.29, 1.82) is 0 Å². The fraction of sp³-hybridized carbons (Fsp3) is 0.368. The molecule has 21 heavy (non-hydrogen) atoms. The van der Waals surface area contributed by atoms with Gasteiger partial charge >= 0.3 is 0 Å². The van der Waals surface area contributed by atoms with Crippen molar-refractivity contribution in [2.24, 2.45) is 5.73 Å². The van der Waals surface area contributed by atoms with Crippen LogP contribution in [0.4, 0.5) is 5.69 Å². The van der Waals surface area contributed by atoms with Gasteiger partial charge < -0.3 is 10.6 Å². The summed E-state index contributed by atoms with van der Waals surface area (Å²) in [6, 6.07) is 17.8. The summed E-state index contributed by atoms with van der Waals surface area (Å²) in [4.78, 5) is 2.48. The summed E-state index contributed by atoms with van der Waals surface area (Å²) in [5, 5.41) is 0. The monoisotopic (exact) mass is 280 g/mol. The number of hydrogen-bond donors (Lipinski definition) is 1. The Morgan fingerprint density at radius 2 is 1.86 bits per heavy atom. The average Bonchev–Trinajstić information content (AvgIpc) is 2.50. The highest BCUT2D eigenvalue weighted by Gasteiger charge is 2.24. The molecular formula is C19H24N2. The minimum Gasteiger partial charge on any atom is -0.367 e. The maximum Gasteiger partial charge on any atom is 0.0475 e. The van der Waals surface area contributed by atoms with Crippen LogP contribution in [-0.2, 0) is 6.42 Å². The van der Waals surface area contributed by atoms with Crippen LogP contribution in [0.15, 0.2) is 48.5 Å². The summed E-state index contributed by atoms with van der Waals surface area (Å²) in [6.45, 7) is 5.33. The third kappa shape index (κ3) is 2.81. The molecule has 3 rings (SSSR count). The Balaban J connectivity index is 1.86. The molecule has 110 valence electrons. The topological polar surface area (TPSA) is 29.3 Å². The summed E-state index contributed by atoms with van der Waals surface area (Å²) >= 11 is 0. The van der Waals surface area contributed by atoms with E-state index in [-0.39, 0.29) is 6.04 Å². The van der Waals surface area contributed by atoms with Crippen molar-refractivity contribution in [3.05, 3.63) is 65.2 Å². The zero-order valence-corrected chi connectivity index (χ0v) is 12.9. The number of nitrogens with two attached hydrogens (primary N) is 1. The molecule has 2 unspecified atom stereocenters. The molecule has 2 heteroatoms. The van der Waals surface area contributed by atoms with Crippen molar-refractivity contribution in [3.8, 4) is 0 Å². The van der Waals surface area contributed by atoms with Gasteiger partial charge in [0.2, 0.25) is 0 Å². The number of hydrogen-bond acceptors (Lipinski definition) is 2. The van der Waals surface area contributed by atoms with Gasteiger partial charge in [-0.25, -0.2) is 0 Å². The molecule has 2 N–H and O–H groups in total. The first-order chi connectivity index (χ1) is 10.2. The van der Waals surface area contributed by atoms with Crippen LogP contribution >= 0.6 is 0 Å². The Hall–Kier alpha value is -1.80. The van der Waals surface area contributed by atoms with Gasteiger partial charge in [-0.3, -0.25) is 0 Å². The van der Waals surface area contributed by atoms with Crippen molar-refractivity contribution in [1.82, 2.24) is 0 Å². The molecule has 2 aromatic carbocycles. The summed E-state index contributed by atoms with van der Waals surface area (Å²) in [6.07, 6.45) is 2.38. The molecule has 2 aromatic rings. The standard InChI is InChI=1S/C19H24N2/c1-14-7-3-5-9-17(14)18(20)13-21-15(2)11-12-16-8-4-6-10-19(16)21/h3-10,15,18H,11-13,20H2,1-2H3. The van der Waals surface area contributed by atoms with Crippen molar-refractivity contribution in [2.45, 2.75) is 38.8 Å². The van der Waals surface area contributed by atoms with Crippen molar-refractivity contribution in [3.63, 3.8) is 0 Å². The molecule has 0 saturated heterocycles. The molecular weight excluding hydrogens is 256 g/mol. The second kappa shape index (κ2) is 5.90. The van der Waals surface area contributed by atoms with Gasteiger partial charge in [-0.2, -0.15) is 0 Å². The van der Waals surface area contributed by atoms with E-state index in [4.69, 9.17) is 5.73 Å². The van der Waals surface area contributed by atoms with E-state index >= 15 is 0 Å². The average molecular weight is 280 g/mol. The van der Waals surface area contributed by atoms with Crippen LogP contribution in [0.25, 0.3) is 0 Å². The maximum atomic E-state index is 6.50. The SMILES string of the molecule is Cc1ccccc1C(N)CN1c2ccccc2CCC1C. The molecule has 0 bridgehead atoms. The molecule has 0 radical (unpaired) electrons. The van der Waals surface area contributed by atoms with E-state index in [1.807, 2.05) is 0 Å². The first kappa shape index (κ1) is 14.2. The lowest BCUT2D eigenvalue weighted by atomic mass is 9.94. The number of fused-ring (bicyclic) bond motifs is 1. The fourth-order valence-electron chi connectivity index (χ4n) is 3.35. The molecule has 2 nitrogen and oxygen atoms in total. The maximum absolute atomic E-state index is 6.50. The molecule has 2 atom stereocenters. The molecule has 1 aliphatic heterocycles. The Bertz CT molecular complexity index is 620. The van der Waals surface area contributed by atoms with Crippen molar-refractivity contribution >= 4 is 5.69 Å². The number of nitrogens with zero attached hydrogens (tertiary/aromatic N) is 1. The van der Waals surface area contributed by atoms with Crippen LogP contribution in [0.5, 0.6) is 0 Å². The molecule has 0 aliphatic carbocycles. The Kier molecular flexibility index (Phi) is 3.98. The molecule has 0 fully saturated rings. The number of rotatable bonds is 3. The number of anilines is 1. The highest BCUT2D eigenvalue weighted by Crippen LogP contribution is 2.31. The first-order valence-electron chi connectivity index (χ1n) is 7.82. The van der Waals surface area contributed by atoms with Crippen molar-refractivity contribution < 1.29 is 0 Å².